The van der Waals surface area contributed by atoms with E-state index in [1.54, 1.807) is 5.19 Å². The van der Waals surface area contributed by atoms with E-state index in [4.69, 9.17) is 0 Å². The van der Waals surface area contributed by atoms with Crippen molar-refractivity contribution in [2.75, 3.05) is 0 Å². The van der Waals surface area contributed by atoms with Crippen molar-refractivity contribution < 1.29 is 26.2 Å². The zero-order chi connectivity index (χ0) is 17.6. The molecule has 0 heterocycles. The molecule has 5 rings (SSSR count). The molecular formula is C27H34SiZr. The predicted molar refractivity (Wildman–Crippen MR) is 126 cm³/mol. The number of hydrogen-bond donors (Lipinski definition) is 0. The third-order valence-electron chi connectivity index (χ3n) is 7.49. The molecule has 2 saturated carbocycles. The molecule has 2 fully saturated rings. The van der Waals surface area contributed by atoms with Gasteiger partial charge in [0.1, 0.15) is 0 Å². The maximum Gasteiger partial charge on any atom is 4.00 e. The molecule has 29 heavy (non-hydrogen) atoms. The van der Waals surface area contributed by atoms with Gasteiger partial charge in [-0.15, -0.1) is 24.0 Å². The van der Waals surface area contributed by atoms with Crippen LogP contribution in [0.4, 0.5) is 0 Å². The second-order valence-corrected chi connectivity index (χ2v) is 13.4. The summed E-state index contributed by atoms with van der Waals surface area (Å²) in [5, 5.41) is 1.65. The summed E-state index contributed by atoms with van der Waals surface area (Å²) in [6, 6.07) is 11.5. The molecule has 150 valence electrons. The average molecular weight is 478 g/mol. The average Bonchev–Trinajstić information content (AvgIpc) is 3.32. The summed E-state index contributed by atoms with van der Waals surface area (Å²) in [4.78, 5) is 0. The smallest absolute Gasteiger partial charge is 0.358 e. The van der Waals surface area contributed by atoms with Crippen molar-refractivity contribution in [2.45, 2.75) is 30.5 Å². The largest absolute Gasteiger partial charge is 4.00 e. The van der Waals surface area contributed by atoms with Gasteiger partial charge < -0.3 is 27.7 Å². The fraction of sp³-hybridized carbons (Fsp3) is 0.333. The molecule has 0 N–H and O–H groups in total. The molecule has 0 aliphatic heterocycles. The van der Waals surface area contributed by atoms with Crippen LogP contribution in [0.2, 0.25) is 17.6 Å². The van der Waals surface area contributed by atoms with Gasteiger partial charge in [-0.05, 0) is 11.8 Å². The van der Waals surface area contributed by atoms with Gasteiger partial charge in [-0.1, -0.05) is 91.4 Å². The maximum absolute atomic E-state index is 2.73. The van der Waals surface area contributed by atoms with Crippen LogP contribution in [0.15, 0.2) is 78.9 Å². The summed E-state index contributed by atoms with van der Waals surface area (Å²) in [6.45, 7) is 2.68. The van der Waals surface area contributed by atoms with Crippen LogP contribution in [0.5, 0.6) is 0 Å². The first-order valence-electron chi connectivity index (χ1n) is 10.2. The molecule has 0 bridgehead atoms. The number of benzene rings is 1. The topological polar surface area (TPSA) is 0 Å². The molecule has 4 aliphatic rings. The van der Waals surface area contributed by atoms with Crippen molar-refractivity contribution >= 4 is 13.3 Å². The molecule has 6 unspecified atom stereocenters. The second-order valence-electron chi connectivity index (χ2n) is 8.74. The zero-order valence-electron chi connectivity index (χ0n) is 18.0. The minimum absolute atomic E-state index is 0. The Morgan fingerprint density at radius 3 is 1.62 bits per heavy atom. The summed E-state index contributed by atoms with van der Waals surface area (Å²) in [5.74, 6) is 2.76. The van der Waals surface area contributed by atoms with Crippen molar-refractivity contribution in [1.82, 2.24) is 0 Å². The SMILES string of the molecule is C[Si](c1ccccc1)(C1[CH-]C2C=CC=CC2C1)C1[CH-]C2C=CC=CC2C1.[CH3-].[CH3-].[Zr+4]. The Balaban J connectivity index is 0.000001000. The van der Waals surface area contributed by atoms with Crippen molar-refractivity contribution in [2.24, 2.45) is 23.7 Å². The molecule has 0 radical (unpaired) electrons. The summed E-state index contributed by atoms with van der Waals surface area (Å²) in [7, 11) is -1.68. The van der Waals surface area contributed by atoms with Crippen molar-refractivity contribution in [3.63, 3.8) is 0 Å². The van der Waals surface area contributed by atoms with Gasteiger partial charge in [0.05, 0.1) is 0 Å². The normalized spacial score (nSPS) is 35.5. The molecule has 0 amide bonds. The quantitative estimate of drug-likeness (QED) is 0.342. The van der Waals surface area contributed by atoms with E-state index < -0.39 is 8.07 Å². The van der Waals surface area contributed by atoms with Crippen LogP contribution >= 0.6 is 0 Å². The molecule has 0 nitrogen and oxygen atoms in total. The van der Waals surface area contributed by atoms with E-state index in [-0.39, 0.29) is 41.1 Å². The van der Waals surface area contributed by atoms with E-state index >= 15 is 0 Å². The van der Waals surface area contributed by atoms with E-state index in [1.165, 1.54) is 12.8 Å². The Labute approximate surface area is 199 Å². The minimum atomic E-state index is -1.68. The standard InChI is InChI=1S/C25H28Si.2CH3.Zr/c1-26(23-13-3-2-4-14-23,24-15-19-9-5-6-10-20(19)16-24)25-17-21-11-7-8-12-22(21)18-25;;;/h2-15,17,19-22,24-25H,16,18H2,1H3;2*1H3;/q-2;2*-1;+4. The van der Waals surface area contributed by atoms with E-state index in [0.717, 1.165) is 22.9 Å². The third-order valence-corrected chi connectivity index (χ3v) is 13.0. The van der Waals surface area contributed by atoms with Gasteiger partial charge in [0, 0.05) is 8.07 Å². The van der Waals surface area contributed by atoms with Crippen LogP contribution in [0, 0.1) is 51.4 Å². The van der Waals surface area contributed by atoms with Gasteiger partial charge in [0.2, 0.25) is 0 Å². The second kappa shape index (κ2) is 10.1. The van der Waals surface area contributed by atoms with Gasteiger partial charge in [-0.2, -0.15) is 11.1 Å². The van der Waals surface area contributed by atoms with Crippen molar-refractivity contribution in [1.29, 1.82) is 0 Å². The molecule has 1 aromatic carbocycles. The van der Waals surface area contributed by atoms with Gasteiger partial charge in [0.15, 0.2) is 0 Å². The Morgan fingerprint density at radius 2 is 1.17 bits per heavy atom. The molecule has 0 aromatic heterocycles. The van der Waals surface area contributed by atoms with Crippen LogP contribution in [0.3, 0.4) is 0 Å². The first-order valence-corrected chi connectivity index (χ1v) is 12.9. The molecule has 0 spiro atoms. The Hall–Kier alpha value is -0.720. The maximum atomic E-state index is 2.73. The summed E-state index contributed by atoms with van der Waals surface area (Å²) in [5.41, 5.74) is 1.53. The molecule has 1 aromatic rings. The van der Waals surface area contributed by atoms with E-state index in [2.05, 4.69) is 98.3 Å². The van der Waals surface area contributed by atoms with Crippen molar-refractivity contribution in [3.05, 3.63) is 107 Å². The van der Waals surface area contributed by atoms with Crippen LogP contribution in [0.1, 0.15) is 12.8 Å². The van der Waals surface area contributed by atoms with E-state index in [9.17, 15) is 0 Å². The first-order chi connectivity index (χ1) is 12.7. The summed E-state index contributed by atoms with van der Waals surface area (Å²) >= 11 is 0. The van der Waals surface area contributed by atoms with Gasteiger partial charge in [-0.25, -0.2) is 0 Å². The number of fused-ring (bicyclic) bond motifs is 2. The number of rotatable bonds is 3. The predicted octanol–water partition coefficient (Wildman–Crippen LogP) is 6.54. The monoisotopic (exact) mass is 476 g/mol. The first kappa shape index (κ1) is 24.5. The van der Waals surface area contributed by atoms with Gasteiger partial charge >= 0.3 is 26.2 Å². The van der Waals surface area contributed by atoms with Crippen LogP contribution in [-0.2, 0) is 26.2 Å². The fourth-order valence-electron chi connectivity index (χ4n) is 5.90. The van der Waals surface area contributed by atoms with E-state index in [0.29, 0.717) is 11.8 Å². The van der Waals surface area contributed by atoms with Gasteiger partial charge in [-0.3, -0.25) is 0 Å². The zero-order valence-corrected chi connectivity index (χ0v) is 21.5. The Morgan fingerprint density at radius 1 is 0.724 bits per heavy atom. The number of allylic oxidation sites excluding steroid dienone is 8. The summed E-state index contributed by atoms with van der Waals surface area (Å²) in [6.07, 6.45) is 26.9. The van der Waals surface area contributed by atoms with E-state index in [1.807, 2.05) is 0 Å². The Kier molecular flexibility index (Phi) is 8.51. The summed E-state index contributed by atoms with van der Waals surface area (Å²) < 4.78 is 0. The van der Waals surface area contributed by atoms with Crippen LogP contribution in [-0.4, -0.2) is 8.07 Å². The molecule has 6 atom stereocenters. The van der Waals surface area contributed by atoms with Crippen LogP contribution < -0.4 is 5.19 Å². The molecule has 2 heteroatoms. The van der Waals surface area contributed by atoms with Crippen molar-refractivity contribution in [3.8, 4) is 0 Å². The van der Waals surface area contributed by atoms with Gasteiger partial charge in [0.25, 0.3) is 0 Å². The molecular weight excluding hydrogens is 444 g/mol. The minimum Gasteiger partial charge on any atom is -0.358 e. The Bertz CT molecular complexity index is 691. The molecule has 4 aliphatic carbocycles. The van der Waals surface area contributed by atoms with Crippen LogP contribution in [0.25, 0.3) is 0 Å². The number of hydrogen-bond acceptors (Lipinski definition) is 0. The fourth-order valence-corrected chi connectivity index (χ4v) is 11.0. The molecule has 0 saturated heterocycles. The third kappa shape index (κ3) is 4.35.